The van der Waals surface area contributed by atoms with Crippen molar-refractivity contribution < 1.29 is 9.52 Å². The molecule has 0 spiro atoms. The average molecular weight is 260 g/mol. The zero-order valence-corrected chi connectivity index (χ0v) is 10.6. The molecule has 3 aromatic rings. The molecule has 0 saturated heterocycles. The second-order valence-corrected chi connectivity index (χ2v) is 4.81. The number of para-hydroxylation sites is 1. The van der Waals surface area contributed by atoms with Gasteiger partial charge in [-0.2, -0.15) is 0 Å². The van der Waals surface area contributed by atoms with Crippen molar-refractivity contribution in [1.82, 2.24) is 9.59 Å². The average Bonchev–Trinajstić information content (AvgIpc) is 3.03. The predicted octanol–water partition coefficient (Wildman–Crippen LogP) is 2.93. The molecule has 1 aromatic carbocycles. The summed E-state index contributed by atoms with van der Waals surface area (Å²) in [6, 6.07) is 9.56. The van der Waals surface area contributed by atoms with Crippen LogP contribution < -0.4 is 0 Å². The van der Waals surface area contributed by atoms with Crippen LogP contribution in [0.1, 0.15) is 29.4 Å². The molecule has 0 radical (unpaired) electrons. The van der Waals surface area contributed by atoms with Gasteiger partial charge in [0.15, 0.2) is 0 Å². The molecule has 18 heavy (non-hydrogen) atoms. The minimum atomic E-state index is -0.785. The summed E-state index contributed by atoms with van der Waals surface area (Å²) < 4.78 is 9.54. The van der Waals surface area contributed by atoms with E-state index in [4.69, 9.17) is 4.42 Å². The lowest BCUT2D eigenvalue weighted by Crippen LogP contribution is -1.99. The lowest BCUT2D eigenvalue weighted by atomic mass is 10.1. The molecule has 0 aliphatic rings. The highest BCUT2D eigenvalue weighted by atomic mass is 32.1. The largest absolute Gasteiger partial charge is 0.458 e. The first-order valence-electron chi connectivity index (χ1n) is 5.77. The number of hydrogen-bond donors (Lipinski definition) is 1. The first-order chi connectivity index (χ1) is 8.79. The molecule has 5 heteroatoms. The Morgan fingerprint density at radius 1 is 1.39 bits per heavy atom. The van der Waals surface area contributed by atoms with Gasteiger partial charge in [0.1, 0.15) is 17.4 Å². The lowest BCUT2D eigenvalue weighted by molar-refractivity contribution is 0.194. The first-order valence-corrected chi connectivity index (χ1v) is 6.54. The van der Waals surface area contributed by atoms with E-state index in [-0.39, 0.29) is 0 Å². The monoisotopic (exact) mass is 260 g/mol. The van der Waals surface area contributed by atoms with E-state index >= 15 is 0 Å². The molecule has 2 aromatic heterocycles. The van der Waals surface area contributed by atoms with Crippen molar-refractivity contribution >= 4 is 22.5 Å². The number of furan rings is 1. The Morgan fingerprint density at radius 2 is 2.22 bits per heavy atom. The van der Waals surface area contributed by atoms with E-state index in [0.717, 1.165) is 28.0 Å². The van der Waals surface area contributed by atoms with E-state index in [1.165, 1.54) is 11.5 Å². The van der Waals surface area contributed by atoms with Crippen LogP contribution in [0.5, 0.6) is 0 Å². The topological polar surface area (TPSA) is 59.2 Å². The number of nitrogens with zero attached hydrogens (tertiary/aromatic N) is 2. The van der Waals surface area contributed by atoms with Crippen LogP contribution >= 0.6 is 11.5 Å². The Balaban J connectivity index is 2.03. The second-order valence-electron chi connectivity index (χ2n) is 4.03. The van der Waals surface area contributed by atoms with Gasteiger partial charge in [-0.25, -0.2) is 0 Å². The van der Waals surface area contributed by atoms with Crippen LogP contribution in [0.15, 0.2) is 34.7 Å². The van der Waals surface area contributed by atoms with Crippen LogP contribution in [0.4, 0.5) is 0 Å². The number of aliphatic hydroxyl groups excluding tert-OH is 1. The summed E-state index contributed by atoms with van der Waals surface area (Å²) in [5.41, 5.74) is 1.61. The van der Waals surface area contributed by atoms with E-state index in [1.807, 2.05) is 37.3 Å². The molecular formula is C13H12N2O2S. The zero-order valence-electron chi connectivity index (χ0n) is 9.83. The number of benzene rings is 1. The highest BCUT2D eigenvalue weighted by Crippen LogP contribution is 2.31. The number of aryl methyl sites for hydroxylation is 1. The van der Waals surface area contributed by atoms with E-state index in [0.29, 0.717) is 5.76 Å². The van der Waals surface area contributed by atoms with Gasteiger partial charge in [-0.1, -0.05) is 29.6 Å². The fourth-order valence-electron chi connectivity index (χ4n) is 1.93. The summed E-state index contributed by atoms with van der Waals surface area (Å²) in [6.07, 6.45) is -0.0318. The maximum absolute atomic E-state index is 10.3. The van der Waals surface area contributed by atoms with Crippen LogP contribution in [0.2, 0.25) is 0 Å². The molecule has 0 saturated carbocycles. The molecule has 1 atom stereocenters. The third-order valence-electron chi connectivity index (χ3n) is 2.88. The Kier molecular flexibility index (Phi) is 2.85. The molecule has 2 heterocycles. The predicted molar refractivity (Wildman–Crippen MR) is 69.6 cm³/mol. The van der Waals surface area contributed by atoms with Crippen molar-refractivity contribution in [2.45, 2.75) is 19.4 Å². The van der Waals surface area contributed by atoms with Crippen LogP contribution in [-0.4, -0.2) is 14.7 Å². The number of fused-ring (bicyclic) bond motifs is 1. The molecule has 1 N–H and O–H groups in total. The van der Waals surface area contributed by atoms with Crippen molar-refractivity contribution in [1.29, 1.82) is 0 Å². The number of rotatable bonds is 3. The van der Waals surface area contributed by atoms with Gasteiger partial charge in [-0.05, 0) is 30.1 Å². The summed E-state index contributed by atoms with van der Waals surface area (Å²) in [7, 11) is 0. The fourth-order valence-corrected chi connectivity index (χ4v) is 2.67. The quantitative estimate of drug-likeness (QED) is 0.786. The maximum Gasteiger partial charge on any atom is 0.149 e. The molecule has 0 aliphatic heterocycles. The Hall–Kier alpha value is -1.72. The summed E-state index contributed by atoms with van der Waals surface area (Å²) in [4.78, 5) is 0.761. The summed E-state index contributed by atoms with van der Waals surface area (Å²) >= 11 is 1.22. The SMILES string of the molecule is CCc1nnsc1C(O)c1cc2ccccc2o1. The normalized spacial score (nSPS) is 13.0. The van der Waals surface area contributed by atoms with Gasteiger partial charge in [0.25, 0.3) is 0 Å². The summed E-state index contributed by atoms with van der Waals surface area (Å²) in [5.74, 6) is 0.539. The van der Waals surface area contributed by atoms with Gasteiger partial charge in [-0.15, -0.1) is 5.10 Å². The van der Waals surface area contributed by atoms with Gasteiger partial charge in [0, 0.05) is 5.39 Å². The lowest BCUT2D eigenvalue weighted by Gasteiger charge is -2.05. The van der Waals surface area contributed by atoms with Crippen molar-refractivity contribution in [3.8, 4) is 0 Å². The van der Waals surface area contributed by atoms with Crippen molar-refractivity contribution in [2.24, 2.45) is 0 Å². The third kappa shape index (κ3) is 1.81. The van der Waals surface area contributed by atoms with Gasteiger partial charge in [0.05, 0.1) is 10.6 Å². The van der Waals surface area contributed by atoms with Crippen LogP contribution in [0, 0.1) is 0 Å². The summed E-state index contributed by atoms with van der Waals surface area (Å²) in [6.45, 7) is 1.99. The first kappa shape index (κ1) is 11.4. The molecule has 4 nitrogen and oxygen atoms in total. The highest BCUT2D eigenvalue weighted by molar-refractivity contribution is 7.05. The molecule has 92 valence electrons. The molecular weight excluding hydrogens is 248 g/mol. The molecule has 0 aliphatic carbocycles. The van der Waals surface area contributed by atoms with Crippen molar-refractivity contribution in [2.75, 3.05) is 0 Å². The van der Waals surface area contributed by atoms with Gasteiger partial charge in [-0.3, -0.25) is 0 Å². The van der Waals surface area contributed by atoms with Crippen LogP contribution in [0.25, 0.3) is 11.0 Å². The Morgan fingerprint density at radius 3 is 3.00 bits per heavy atom. The van der Waals surface area contributed by atoms with Crippen molar-refractivity contribution in [3.05, 3.63) is 46.7 Å². The maximum atomic E-state index is 10.3. The number of hydrogen-bond acceptors (Lipinski definition) is 5. The van der Waals surface area contributed by atoms with E-state index in [1.54, 1.807) is 0 Å². The van der Waals surface area contributed by atoms with Gasteiger partial charge in [0.2, 0.25) is 0 Å². The third-order valence-corrected chi connectivity index (χ3v) is 3.70. The summed E-state index contributed by atoms with van der Waals surface area (Å²) in [5, 5.41) is 15.3. The minimum Gasteiger partial charge on any atom is -0.458 e. The molecule has 0 fully saturated rings. The van der Waals surface area contributed by atoms with E-state index < -0.39 is 6.10 Å². The van der Waals surface area contributed by atoms with Crippen LogP contribution in [0.3, 0.4) is 0 Å². The standard InChI is InChI=1S/C13H12N2O2S/c1-2-9-13(18-15-14-9)12(16)11-7-8-5-3-4-6-10(8)17-11/h3-7,12,16H,2H2,1H3. The fraction of sp³-hybridized carbons (Fsp3) is 0.231. The number of aromatic nitrogens is 2. The Bertz CT molecular complexity index is 641. The molecule has 3 rings (SSSR count). The van der Waals surface area contributed by atoms with Crippen LogP contribution in [-0.2, 0) is 6.42 Å². The van der Waals surface area contributed by atoms with Crippen molar-refractivity contribution in [3.63, 3.8) is 0 Å². The highest BCUT2D eigenvalue weighted by Gasteiger charge is 2.21. The Labute approximate surface area is 108 Å². The zero-order chi connectivity index (χ0) is 12.5. The van der Waals surface area contributed by atoms with Gasteiger partial charge >= 0.3 is 0 Å². The molecule has 1 unspecified atom stereocenters. The second kappa shape index (κ2) is 4.51. The smallest absolute Gasteiger partial charge is 0.149 e. The minimum absolute atomic E-state index is 0.539. The number of aliphatic hydroxyl groups is 1. The van der Waals surface area contributed by atoms with E-state index in [2.05, 4.69) is 9.59 Å². The van der Waals surface area contributed by atoms with Gasteiger partial charge < -0.3 is 9.52 Å². The molecule has 0 bridgehead atoms. The molecule has 0 amide bonds. The van der Waals surface area contributed by atoms with E-state index in [9.17, 15) is 5.11 Å².